The highest BCUT2D eigenvalue weighted by Gasteiger charge is 2.33. The number of hydrogen-bond donors (Lipinski definition) is 3. The number of hydrogen-bond acceptors (Lipinski definition) is 3. The second-order valence-corrected chi connectivity index (χ2v) is 4.51. The standard InChI is InChI=1S/C12H15N3O/c1-8-14-10-3-2-9(6-11(10)15-8)12(16)4-5-13-7-12/h2-3,6,13,16H,4-5,7H2,1H3,(H,14,15). The Morgan fingerprint density at radius 2 is 2.31 bits per heavy atom. The molecule has 1 saturated heterocycles. The molecule has 4 heteroatoms. The molecule has 16 heavy (non-hydrogen) atoms. The van der Waals surface area contributed by atoms with Crippen molar-refractivity contribution in [2.75, 3.05) is 13.1 Å². The van der Waals surface area contributed by atoms with Crippen molar-refractivity contribution < 1.29 is 5.11 Å². The molecule has 1 aliphatic heterocycles. The molecule has 1 atom stereocenters. The minimum absolute atomic E-state index is 0.631. The van der Waals surface area contributed by atoms with Gasteiger partial charge in [0.25, 0.3) is 0 Å². The highest BCUT2D eigenvalue weighted by molar-refractivity contribution is 5.76. The maximum absolute atomic E-state index is 10.4. The number of nitrogens with one attached hydrogen (secondary N) is 2. The molecule has 2 heterocycles. The third-order valence-corrected chi connectivity index (χ3v) is 3.27. The summed E-state index contributed by atoms with van der Waals surface area (Å²) in [5.74, 6) is 0.906. The first kappa shape index (κ1) is 9.81. The number of aryl methyl sites for hydroxylation is 1. The van der Waals surface area contributed by atoms with E-state index >= 15 is 0 Å². The molecule has 0 saturated carbocycles. The van der Waals surface area contributed by atoms with Crippen LogP contribution in [0.15, 0.2) is 18.2 Å². The maximum atomic E-state index is 10.4. The summed E-state index contributed by atoms with van der Waals surface area (Å²) in [5, 5.41) is 13.6. The van der Waals surface area contributed by atoms with Crippen LogP contribution in [0, 0.1) is 6.92 Å². The largest absolute Gasteiger partial charge is 0.384 e. The summed E-state index contributed by atoms with van der Waals surface area (Å²) in [4.78, 5) is 7.55. The van der Waals surface area contributed by atoms with Crippen LogP contribution >= 0.6 is 0 Å². The highest BCUT2D eigenvalue weighted by atomic mass is 16.3. The van der Waals surface area contributed by atoms with Crippen LogP contribution in [-0.2, 0) is 5.60 Å². The molecule has 0 amide bonds. The number of H-pyrrole nitrogens is 1. The fraction of sp³-hybridized carbons (Fsp3) is 0.417. The third-order valence-electron chi connectivity index (χ3n) is 3.27. The van der Waals surface area contributed by atoms with Crippen LogP contribution in [0.1, 0.15) is 17.8 Å². The van der Waals surface area contributed by atoms with Crippen LogP contribution < -0.4 is 5.32 Å². The van der Waals surface area contributed by atoms with Crippen LogP contribution in [0.5, 0.6) is 0 Å². The SMILES string of the molecule is Cc1nc2ccc(C3(O)CCNC3)cc2[nH]1. The van der Waals surface area contributed by atoms with E-state index in [-0.39, 0.29) is 0 Å². The van der Waals surface area contributed by atoms with Crippen molar-refractivity contribution >= 4 is 11.0 Å². The van der Waals surface area contributed by atoms with Gasteiger partial charge < -0.3 is 15.4 Å². The lowest BCUT2D eigenvalue weighted by atomic mass is 9.93. The molecular weight excluding hydrogens is 202 g/mol. The van der Waals surface area contributed by atoms with Crippen molar-refractivity contribution in [2.45, 2.75) is 18.9 Å². The van der Waals surface area contributed by atoms with Gasteiger partial charge in [0.1, 0.15) is 11.4 Å². The Bertz CT molecular complexity index is 526. The lowest BCUT2D eigenvalue weighted by Gasteiger charge is -2.21. The van der Waals surface area contributed by atoms with Crippen molar-refractivity contribution in [3.8, 4) is 0 Å². The Balaban J connectivity index is 2.10. The first-order valence-electron chi connectivity index (χ1n) is 5.57. The molecule has 0 radical (unpaired) electrons. The zero-order valence-electron chi connectivity index (χ0n) is 9.25. The molecular formula is C12H15N3O. The van der Waals surface area contributed by atoms with Gasteiger partial charge in [-0.2, -0.15) is 0 Å². The number of aromatic nitrogens is 2. The number of imidazole rings is 1. The van der Waals surface area contributed by atoms with Crippen molar-refractivity contribution in [1.82, 2.24) is 15.3 Å². The van der Waals surface area contributed by atoms with Gasteiger partial charge in [0, 0.05) is 6.54 Å². The monoisotopic (exact) mass is 217 g/mol. The zero-order chi connectivity index (χ0) is 11.2. The van der Waals surface area contributed by atoms with Gasteiger partial charge in [-0.25, -0.2) is 4.98 Å². The lowest BCUT2D eigenvalue weighted by molar-refractivity contribution is 0.0589. The van der Waals surface area contributed by atoms with Gasteiger partial charge in [0.15, 0.2) is 0 Å². The molecule has 84 valence electrons. The van der Waals surface area contributed by atoms with Crippen LogP contribution in [0.4, 0.5) is 0 Å². The molecule has 0 spiro atoms. The van der Waals surface area contributed by atoms with E-state index in [0.29, 0.717) is 6.54 Å². The van der Waals surface area contributed by atoms with Crippen LogP contribution in [0.25, 0.3) is 11.0 Å². The van der Waals surface area contributed by atoms with E-state index in [1.54, 1.807) is 0 Å². The Hall–Kier alpha value is -1.39. The molecule has 3 N–H and O–H groups in total. The average molecular weight is 217 g/mol. The summed E-state index contributed by atoms with van der Waals surface area (Å²) in [5.41, 5.74) is 2.20. The summed E-state index contributed by atoms with van der Waals surface area (Å²) in [6.07, 6.45) is 0.769. The van der Waals surface area contributed by atoms with E-state index in [0.717, 1.165) is 35.4 Å². The first-order valence-corrected chi connectivity index (χ1v) is 5.57. The molecule has 4 nitrogen and oxygen atoms in total. The average Bonchev–Trinajstić information content (AvgIpc) is 2.82. The van der Waals surface area contributed by atoms with Gasteiger partial charge in [-0.3, -0.25) is 0 Å². The normalized spacial score (nSPS) is 25.4. The first-order chi connectivity index (χ1) is 7.67. The lowest BCUT2D eigenvalue weighted by Crippen LogP contribution is -2.28. The number of aromatic amines is 1. The van der Waals surface area contributed by atoms with Gasteiger partial charge in [-0.15, -0.1) is 0 Å². The van der Waals surface area contributed by atoms with E-state index < -0.39 is 5.60 Å². The highest BCUT2D eigenvalue weighted by Crippen LogP contribution is 2.29. The fourth-order valence-corrected chi connectivity index (χ4v) is 2.35. The second kappa shape index (κ2) is 3.30. The number of fused-ring (bicyclic) bond motifs is 1. The van der Waals surface area contributed by atoms with E-state index in [1.165, 1.54) is 0 Å². The van der Waals surface area contributed by atoms with Crippen LogP contribution in [-0.4, -0.2) is 28.2 Å². The van der Waals surface area contributed by atoms with Gasteiger partial charge >= 0.3 is 0 Å². The molecule has 1 unspecified atom stereocenters. The molecule has 0 aliphatic carbocycles. The number of rotatable bonds is 1. The van der Waals surface area contributed by atoms with Crippen molar-refractivity contribution in [1.29, 1.82) is 0 Å². The zero-order valence-corrected chi connectivity index (χ0v) is 9.25. The number of β-amino-alcohol motifs (C(OH)–C–C–N with tert-alkyl or cyclic N) is 1. The predicted octanol–water partition coefficient (Wildman–Crippen LogP) is 1.05. The van der Waals surface area contributed by atoms with Gasteiger partial charge in [-0.1, -0.05) is 6.07 Å². The van der Waals surface area contributed by atoms with E-state index in [1.807, 2.05) is 25.1 Å². The number of aliphatic hydroxyl groups is 1. The molecule has 1 aromatic carbocycles. The minimum atomic E-state index is -0.715. The molecule has 1 aliphatic rings. The Morgan fingerprint density at radius 3 is 3.06 bits per heavy atom. The van der Waals surface area contributed by atoms with Crippen LogP contribution in [0.3, 0.4) is 0 Å². The maximum Gasteiger partial charge on any atom is 0.104 e. The smallest absolute Gasteiger partial charge is 0.104 e. The topological polar surface area (TPSA) is 60.9 Å². The fourth-order valence-electron chi connectivity index (χ4n) is 2.35. The summed E-state index contributed by atoms with van der Waals surface area (Å²) in [6.45, 7) is 3.44. The Labute approximate surface area is 93.7 Å². The Morgan fingerprint density at radius 1 is 1.44 bits per heavy atom. The van der Waals surface area contributed by atoms with Crippen LogP contribution in [0.2, 0.25) is 0 Å². The summed E-state index contributed by atoms with van der Waals surface area (Å²) >= 11 is 0. The Kier molecular flexibility index (Phi) is 2.02. The summed E-state index contributed by atoms with van der Waals surface area (Å²) < 4.78 is 0. The van der Waals surface area contributed by atoms with E-state index in [2.05, 4.69) is 15.3 Å². The molecule has 1 aromatic heterocycles. The van der Waals surface area contributed by atoms with Gasteiger partial charge in [0.05, 0.1) is 11.0 Å². The third kappa shape index (κ3) is 1.42. The number of nitrogens with zero attached hydrogens (tertiary/aromatic N) is 1. The minimum Gasteiger partial charge on any atom is -0.384 e. The van der Waals surface area contributed by atoms with Gasteiger partial charge in [-0.05, 0) is 37.6 Å². The predicted molar refractivity (Wildman–Crippen MR) is 62.2 cm³/mol. The summed E-state index contributed by atoms with van der Waals surface area (Å²) in [6, 6.07) is 5.93. The number of benzene rings is 1. The molecule has 1 fully saturated rings. The second-order valence-electron chi connectivity index (χ2n) is 4.51. The van der Waals surface area contributed by atoms with Crippen molar-refractivity contribution in [2.24, 2.45) is 0 Å². The molecule has 0 bridgehead atoms. The molecule has 3 rings (SSSR count). The van der Waals surface area contributed by atoms with E-state index in [9.17, 15) is 5.11 Å². The van der Waals surface area contributed by atoms with E-state index in [4.69, 9.17) is 0 Å². The van der Waals surface area contributed by atoms with Crippen molar-refractivity contribution in [3.63, 3.8) is 0 Å². The summed E-state index contributed by atoms with van der Waals surface area (Å²) in [7, 11) is 0. The van der Waals surface area contributed by atoms with Crippen molar-refractivity contribution in [3.05, 3.63) is 29.6 Å². The quantitative estimate of drug-likeness (QED) is 0.669. The van der Waals surface area contributed by atoms with Gasteiger partial charge in [0.2, 0.25) is 0 Å². The molecule has 2 aromatic rings.